The molecule has 0 spiro atoms. The van der Waals surface area contributed by atoms with Gasteiger partial charge in [0.25, 0.3) is 5.91 Å². The first-order chi connectivity index (χ1) is 13.6. The van der Waals surface area contributed by atoms with Gasteiger partial charge in [0.05, 0.1) is 6.10 Å². The average Bonchev–Trinajstić information content (AvgIpc) is 3.22. The Labute approximate surface area is 165 Å². The maximum atomic E-state index is 13.0. The number of pyridine rings is 1. The summed E-state index contributed by atoms with van der Waals surface area (Å²) in [5.74, 6) is -0.155. The highest BCUT2D eigenvalue weighted by Crippen LogP contribution is 2.19. The molecule has 0 saturated carbocycles. The van der Waals surface area contributed by atoms with E-state index in [1.165, 1.54) is 0 Å². The molecule has 3 amide bonds. The van der Waals surface area contributed by atoms with Crippen LogP contribution in [0.25, 0.3) is 0 Å². The number of nitrogens with one attached hydrogen (secondary N) is 2. The predicted molar refractivity (Wildman–Crippen MR) is 107 cm³/mol. The highest BCUT2D eigenvalue weighted by atomic mass is 16.5. The second kappa shape index (κ2) is 9.32. The molecule has 1 saturated heterocycles. The summed E-state index contributed by atoms with van der Waals surface area (Å²) in [6.07, 6.45) is 5.51. The Hall–Kier alpha value is -2.93. The number of aryl methyl sites for hydroxylation is 1. The molecule has 28 heavy (non-hydrogen) atoms. The van der Waals surface area contributed by atoms with Crippen molar-refractivity contribution < 1.29 is 14.3 Å². The van der Waals surface area contributed by atoms with Crippen LogP contribution in [0.15, 0.2) is 42.7 Å². The molecule has 1 fully saturated rings. The minimum atomic E-state index is -0.199. The zero-order chi connectivity index (χ0) is 19.9. The lowest BCUT2D eigenvalue weighted by Crippen LogP contribution is -2.39. The Bertz CT molecular complexity index is 820. The second-order valence-electron chi connectivity index (χ2n) is 6.92. The van der Waals surface area contributed by atoms with E-state index < -0.39 is 0 Å². The quantitative estimate of drug-likeness (QED) is 0.805. The first-order valence-electron chi connectivity index (χ1n) is 9.46. The molecule has 2 heterocycles. The van der Waals surface area contributed by atoms with Crippen molar-refractivity contribution in [2.45, 2.75) is 32.4 Å². The van der Waals surface area contributed by atoms with Gasteiger partial charge >= 0.3 is 6.03 Å². The Kier molecular flexibility index (Phi) is 6.60. The molecular weight excluding hydrogens is 356 g/mol. The number of nitrogens with zero attached hydrogens (tertiary/aromatic N) is 2. The van der Waals surface area contributed by atoms with Crippen LogP contribution in [-0.2, 0) is 11.3 Å². The SMILES string of the molecule is CNC(=O)c1ccc(NC(=O)N(Cc2cccnc2)CC2CCCO2)c(C)c1. The summed E-state index contributed by atoms with van der Waals surface area (Å²) in [4.78, 5) is 30.7. The number of ether oxygens (including phenoxy) is 1. The van der Waals surface area contributed by atoms with Crippen LogP contribution in [0.3, 0.4) is 0 Å². The number of urea groups is 1. The summed E-state index contributed by atoms with van der Waals surface area (Å²) in [6.45, 7) is 3.59. The highest BCUT2D eigenvalue weighted by molar-refractivity contribution is 5.96. The Morgan fingerprint density at radius 1 is 1.32 bits per heavy atom. The van der Waals surface area contributed by atoms with Crippen molar-refractivity contribution in [3.05, 3.63) is 59.4 Å². The predicted octanol–water partition coefficient (Wildman–Crippen LogP) is 2.96. The maximum Gasteiger partial charge on any atom is 0.322 e. The van der Waals surface area contributed by atoms with Gasteiger partial charge in [-0.3, -0.25) is 9.78 Å². The molecular formula is C21H26N4O3. The van der Waals surface area contributed by atoms with Crippen LogP contribution in [0.1, 0.15) is 34.3 Å². The van der Waals surface area contributed by atoms with Crippen molar-refractivity contribution in [3.63, 3.8) is 0 Å². The molecule has 1 unspecified atom stereocenters. The van der Waals surface area contributed by atoms with E-state index in [0.29, 0.717) is 24.3 Å². The fraction of sp³-hybridized carbons (Fsp3) is 0.381. The lowest BCUT2D eigenvalue weighted by Gasteiger charge is -2.26. The number of aromatic nitrogens is 1. The molecule has 2 N–H and O–H groups in total. The molecule has 1 atom stereocenters. The van der Waals surface area contributed by atoms with Gasteiger partial charge in [-0.2, -0.15) is 0 Å². The standard InChI is InChI=1S/C21H26N4O3/c1-15-11-17(20(26)22-2)7-8-19(15)24-21(27)25(14-18-6-4-10-28-18)13-16-5-3-9-23-12-16/h3,5,7-9,11-12,18H,4,6,10,13-14H2,1-2H3,(H,22,26)(H,24,27). The molecule has 0 aliphatic carbocycles. The molecule has 148 valence electrons. The van der Waals surface area contributed by atoms with Crippen LogP contribution in [0.5, 0.6) is 0 Å². The fourth-order valence-corrected chi connectivity index (χ4v) is 3.25. The van der Waals surface area contributed by atoms with Crippen LogP contribution < -0.4 is 10.6 Å². The van der Waals surface area contributed by atoms with E-state index >= 15 is 0 Å². The van der Waals surface area contributed by atoms with Gasteiger partial charge in [0.2, 0.25) is 0 Å². The third-order valence-corrected chi connectivity index (χ3v) is 4.79. The zero-order valence-electron chi connectivity index (χ0n) is 16.3. The number of benzene rings is 1. The molecule has 7 heteroatoms. The van der Waals surface area contributed by atoms with Gasteiger partial charge in [-0.15, -0.1) is 0 Å². The van der Waals surface area contributed by atoms with E-state index in [1.807, 2.05) is 19.1 Å². The van der Waals surface area contributed by atoms with Gasteiger partial charge in [0, 0.05) is 50.4 Å². The van der Waals surface area contributed by atoms with Crippen LogP contribution in [0.4, 0.5) is 10.5 Å². The number of anilines is 1. The van der Waals surface area contributed by atoms with Crippen LogP contribution in [0, 0.1) is 6.92 Å². The third kappa shape index (κ3) is 5.07. The zero-order valence-corrected chi connectivity index (χ0v) is 16.3. The molecule has 1 aliphatic heterocycles. The number of carbonyl (C=O) groups is 2. The molecule has 2 aromatic rings. The van der Waals surface area contributed by atoms with Crippen LogP contribution >= 0.6 is 0 Å². The van der Waals surface area contributed by atoms with E-state index in [1.54, 1.807) is 42.5 Å². The summed E-state index contributed by atoms with van der Waals surface area (Å²) in [7, 11) is 1.59. The van der Waals surface area contributed by atoms with Gasteiger partial charge in [0.1, 0.15) is 0 Å². The van der Waals surface area contributed by atoms with E-state index in [0.717, 1.165) is 30.6 Å². The van der Waals surface area contributed by atoms with Crippen molar-refractivity contribution in [3.8, 4) is 0 Å². The average molecular weight is 382 g/mol. The highest BCUT2D eigenvalue weighted by Gasteiger charge is 2.23. The van der Waals surface area contributed by atoms with E-state index in [-0.39, 0.29) is 18.0 Å². The maximum absolute atomic E-state index is 13.0. The van der Waals surface area contributed by atoms with Crippen molar-refractivity contribution >= 4 is 17.6 Å². The summed E-state index contributed by atoms with van der Waals surface area (Å²) in [6, 6.07) is 8.83. The largest absolute Gasteiger partial charge is 0.376 e. The van der Waals surface area contributed by atoms with Crippen molar-refractivity contribution in [2.24, 2.45) is 0 Å². The first-order valence-corrected chi connectivity index (χ1v) is 9.46. The molecule has 1 aliphatic rings. The first kappa shape index (κ1) is 19.8. The van der Waals surface area contributed by atoms with E-state index in [9.17, 15) is 9.59 Å². The molecule has 0 radical (unpaired) electrons. The van der Waals surface area contributed by atoms with Crippen molar-refractivity contribution in [2.75, 3.05) is 25.5 Å². The molecule has 1 aromatic carbocycles. The molecule has 3 rings (SSSR count). The van der Waals surface area contributed by atoms with Crippen molar-refractivity contribution in [1.82, 2.24) is 15.2 Å². The number of hydrogen-bond acceptors (Lipinski definition) is 4. The summed E-state index contributed by atoms with van der Waals surface area (Å²) < 4.78 is 5.72. The summed E-state index contributed by atoms with van der Waals surface area (Å²) in [5, 5.41) is 5.57. The molecule has 0 bridgehead atoms. The van der Waals surface area contributed by atoms with Gasteiger partial charge in [-0.05, 0) is 55.2 Å². The summed E-state index contributed by atoms with van der Waals surface area (Å²) >= 11 is 0. The van der Waals surface area contributed by atoms with Crippen LogP contribution in [-0.4, -0.2) is 48.1 Å². The summed E-state index contributed by atoms with van der Waals surface area (Å²) in [5.41, 5.74) is 3.03. The van der Waals surface area contributed by atoms with Gasteiger partial charge < -0.3 is 20.3 Å². The topological polar surface area (TPSA) is 83.6 Å². The smallest absolute Gasteiger partial charge is 0.322 e. The fourth-order valence-electron chi connectivity index (χ4n) is 3.25. The number of carbonyl (C=O) groups excluding carboxylic acids is 2. The second-order valence-corrected chi connectivity index (χ2v) is 6.92. The lowest BCUT2D eigenvalue weighted by atomic mass is 10.1. The van der Waals surface area contributed by atoms with Gasteiger partial charge in [-0.25, -0.2) is 4.79 Å². The molecule has 7 nitrogen and oxygen atoms in total. The third-order valence-electron chi connectivity index (χ3n) is 4.79. The Morgan fingerprint density at radius 2 is 2.18 bits per heavy atom. The van der Waals surface area contributed by atoms with Gasteiger partial charge in [0.15, 0.2) is 0 Å². The van der Waals surface area contributed by atoms with E-state index in [4.69, 9.17) is 4.74 Å². The van der Waals surface area contributed by atoms with E-state index in [2.05, 4.69) is 15.6 Å². The van der Waals surface area contributed by atoms with Crippen LogP contribution in [0.2, 0.25) is 0 Å². The Morgan fingerprint density at radius 3 is 2.82 bits per heavy atom. The number of rotatable bonds is 6. The monoisotopic (exact) mass is 382 g/mol. The molecule has 1 aromatic heterocycles. The lowest BCUT2D eigenvalue weighted by molar-refractivity contribution is 0.0819. The van der Waals surface area contributed by atoms with Crippen molar-refractivity contribution in [1.29, 1.82) is 0 Å². The minimum Gasteiger partial charge on any atom is -0.376 e. The number of amides is 3. The Balaban J connectivity index is 1.73. The minimum absolute atomic E-state index is 0.0548. The number of hydrogen-bond donors (Lipinski definition) is 2. The normalized spacial score (nSPS) is 15.9. The van der Waals surface area contributed by atoms with Gasteiger partial charge in [-0.1, -0.05) is 6.07 Å².